The lowest BCUT2D eigenvalue weighted by Gasteiger charge is -2.14. The Morgan fingerprint density at radius 3 is 1.30 bits per heavy atom. The van der Waals surface area contributed by atoms with Gasteiger partial charge in [-0.3, -0.25) is 9.59 Å². The first-order valence-corrected chi connectivity index (χ1v) is 15.8. The van der Waals surface area contributed by atoms with E-state index in [-0.39, 0.29) is 24.1 Å². The highest BCUT2D eigenvalue weighted by atomic mass is 16.5. The number of ether oxygens (including phenoxy) is 2. The van der Waals surface area contributed by atoms with Crippen LogP contribution in [-0.4, -0.2) is 35.9 Å². The smallest absolute Gasteiger partial charge is 0.306 e. The third-order valence-corrected chi connectivity index (χ3v) is 6.56. The summed E-state index contributed by atoms with van der Waals surface area (Å²) >= 11 is 0. The van der Waals surface area contributed by atoms with E-state index in [2.05, 4.69) is 13.8 Å². The summed E-state index contributed by atoms with van der Waals surface area (Å²) in [6, 6.07) is 0. The van der Waals surface area contributed by atoms with Crippen LogP contribution in [0.15, 0.2) is 0 Å². The molecule has 222 valence electrons. The first-order valence-electron chi connectivity index (χ1n) is 15.8. The molecule has 0 aromatic heterocycles. The summed E-state index contributed by atoms with van der Waals surface area (Å²) in [4.78, 5) is 22.3. The molecular formula is C32H64O5. The van der Waals surface area contributed by atoms with Crippen LogP contribution < -0.4 is 0 Å². The highest BCUT2D eigenvalue weighted by molar-refractivity contribution is 5.70. The summed E-state index contributed by atoms with van der Waals surface area (Å²) < 4.78 is 9.93. The Balaban J connectivity index is 0. The van der Waals surface area contributed by atoms with Crippen LogP contribution in [0.3, 0.4) is 0 Å². The Bertz CT molecular complexity index is 466. The number of hydrogen-bond donors (Lipinski definition) is 1. The molecule has 37 heavy (non-hydrogen) atoms. The number of unbranched alkanes of at least 4 members (excludes halogenated alkanes) is 12. The number of rotatable bonds is 24. The van der Waals surface area contributed by atoms with Crippen molar-refractivity contribution >= 4 is 11.9 Å². The van der Waals surface area contributed by atoms with Crippen LogP contribution in [0.5, 0.6) is 0 Å². The van der Waals surface area contributed by atoms with Crippen molar-refractivity contribution in [1.82, 2.24) is 0 Å². The molecule has 0 aliphatic heterocycles. The molecule has 0 aliphatic rings. The maximum atomic E-state index is 11.1. The quantitative estimate of drug-likeness (QED) is 0.0997. The second-order valence-corrected chi connectivity index (χ2v) is 11.1. The Labute approximate surface area is 230 Å². The number of aliphatic hydroxyl groups is 1. The lowest BCUT2D eigenvalue weighted by atomic mass is 9.92. The van der Waals surface area contributed by atoms with Crippen molar-refractivity contribution in [3.63, 3.8) is 0 Å². The molecule has 0 radical (unpaired) electrons. The molecule has 0 aromatic carbocycles. The molecule has 0 heterocycles. The standard InChI is InChI=1S/C20H42O.C12H22O4/c1-3-5-6-7-11-14-17-20(4-2)18-15-12-9-8-10-13-16-19-21;1-9(2)15-11(13)7-5-6-8-12(14)16-10(3)4/h20-21H,3-19H2,1-2H3;9-10H,5-8H2,1-4H3. The van der Waals surface area contributed by atoms with Gasteiger partial charge in [-0.1, -0.05) is 110 Å². The number of carbonyl (C=O) groups is 2. The fraction of sp³-hybridized carbons (Fsp3) is 0.938. The minimum Gasteiger partial charge on any atom is -0.463 e. The van der Waals surface area contributed by atoms with Gasteiger partial charge < -0.3 is 14.6 Å². The third-order valence-electron chi connectivity index (χ3n) is 6.56. The van der Waals surface area contributed by atoms with E-state index in [9.17, 15) is 9.59 Å². The minimum atomic E-state index is -0.202. The molecule has 0 amide bonds. The van der Waals surface area contributed by atoms with Gasteiger partial charge in [-0.25, -0.2) is 0 Å². The average Bonchev–Trinajstić information content (AvgIpc) is 2.84. The zero-order valence-corrected chi connectivity index (χ0v) is 25.7. The average molecular weight is 529 g/mol. The van der Waals surface area contributed by atoms with Crippen molar-refractivity contribution in [2.45, 2.75) is 182 Å². The summed E-state index contributed by atoms with van der Waals surface area (Å²) in [7, 11) is 0. The Hall–Kier alpha value is -1.10. The van der Waals surface area contributed by atoms with Gasteiger partial charge in [0.2, 0.25) is 0 Å². The van der Waals surface area contributed by atoms with Crippen molar-refractivity contribution in [3.05, 3.63) is 0 Å². The monoisotopic (exact) mass is 528 g/mol. The maximum Gasteiger partial charge on any atom is 0.306 e. The van der Waals surface area contributed by atoms with Gasteiger partial charge in [0, 0.05) is 19.4 Å². The van der Waals surface area contributed by atoms with Gasteiger partial charge in [0.15, 0.2) is 0 Å². The van der Waals surface area contributed by atoms with Gasteiger partial charge in [-0.05, 0) is 52.9 Å². The van der Waals surface area contributed by atoms with E-state index in [1.807, 2.05) is 27.7 Å². The van der Waals surface area contributed by atoms with Gasteiger partial charge >= 0.3 is 11.9 Å². The number of hydrogen-bond acceptors (Lipinski definition) is 5. The van der Waals surface area contributed by atoms with Gasteiger partial charge in [0.25, 0.3) is 0 Å². The highest BCUT2D eigenvalue weighted by Crippen LogP contribution is 2.21. The predicted molar refractivity (Wildman–Crippen MR) is 157 cm³/mol. The molecule has 5 heteroatoms. The van der Waals surface area contributed by atoms with Gasteiger partial charge in [0.1, 0.15) is 0 Å². The van der Waals surface area contributed by atoms with E-state index in [0.717, 1.165) is 12.3 Å². The molecule has 1 atom stereocenters. The fourth-order valence-corrected chi connectivity index (χ4v) is 4.38. The first-order chi connectivity index (χ1) is 17.8. The van der Waals surface area contributed by atoms with Crippen molar-refractivity contribution in [3.8, 4) is 0 Å². The van der Waals surface area contributed by atoms with Crippen LogP contribution in [0.4, 0.5) is 0 Å². The first kappa shape index (κ1) is 38.0. The van der Waals surface area contributed by atoms with Gasteiger partial charge in [-0.2, -0.15) is 0 Å². The topological polar surface area (TPSA) is 72.8 Å². The predicted octanol–water partition coefficient (Wildman–Crippen LogP) is 9.33. The molecule has 0 aliphatic carbocycles. The normalized spacial score (nSPS) is 11.8. The van der Waals surface area contributed by atoms with Crippen LogP contribution in [-0.2, 0) is 19.1 Å². The van der Waals surface area contributed by atoms with E-state index in [4.69, 9.17) is 14.6 Å². The second kappa shape index (κ2) is 29.5. The Kier molecular flexibility index (Phi) is 30.3. The number of aliphatic hydroxyl groups excluding tert-OH is 1. The summed E-state index contributed by atoms with van der Waals surface area (Å²) in [5.41, 5.74) is 0. The third kappa shape index (κ3) is 32.9. The van der Waals surface area contributed by atoms with Crippen LogP contribution >= 0.6 is 0 Å². The Morgan fingerprint density at radius 2 is 0.946 bits per heavy atom. The van der Waals surface area contributed by atoms with E-state index >= 15 is 0 Å². The molecule has 0 saturated heterocycles. The molecular weight excluding hydrogens is 464 g/mol. The van der Waals surface area contributed by atoms with Gasteiger partial charge in [-0.15, -0.1) is 0 Å². The molecule has 1 N–H and O–H groups in total. The number of carbonyl (C=O) groups excluding carboxylic acids is 2. The SMILES string of the molecule is CC(C)OC(=O)CCCCC(=O)OC(C)C.CCCCCCCCC(CC)CCCCCCCCCO. The summed E-state index contributed by atoms with van der Waals surface area (Å²) in [6.45, 7) is 12.3. The van der Waals surface area contributed by atoms with Crippen LogP contribution in [0, 0.1) is 5.92 Å². The van der Waals surface area contributed by atoms with E-state index < -0.39 is 0 Å². The lowest BCUT2D eigenvalue weighted by Crippen LogP contribution is -2.12. The largest absolute Gasteiger partial charge is 0.463 e. The van der Waals surface area contributed by atoms with E-state index in [1.54, 1.807) is 0 Å². The van der Waals surface area contributed by atoms with Crippen molar-refractivity contribution in [2.24, 2.45) is 5.92 Å². The van der Waals surface area contributed by atoms with Crippen molar-refractivity contribution < 1.29 is 24.2 Å². The highest BCUT2D eigenvalue weighted by Gasteiger charge is 2.08. The van der Waals surface area contributed by atoms with E-state index in [0.29, 0.717) is 32.3 Å². The zero-order chi connectivity index (χ0) is 28.2. The molecule has 0 fully saturated rings. The second-order valence-electron chi connectivity index (χ2n) is 11.1. The molecule has 0 spiro atoms. The molecule has 5 nitrogen and oxygen atoms in total. The lowest BCUT2D eigenvalue weighted by molar-refractivity contribution is -0.149. The zero-order valence-electron chi connectivity index (χ0n) is 25.7. The summed E-state index contributed by atoms with van der Waals surface area (Å²) in [5.74, 6) is 0.588. The number of esters is 2. The summed E-state index contributed by atoms with van der Waals surface area (Å²) in [5, 5.41) is 8.73. The van der Waals surface area contributed by atoms with Crippen molar-refractivity contribution in [1.29, 1.82) is 0 Å². The van der Waals surface area contributed by atoms with Crippen LogP contribution in [0.25, 0.3) is 0 Å². The maximum absolute atomic E-state index is 11.1. The minimum absolute atomic E-state index is 0.0709. The van der Waals surface area contributed by atoms with Crippen LogP contribution in [0.2, 0.25) is 0 Å². The van der Waals surface area contributed by atoms with E-state index in [1.165, 1.54) is 96.3 Å². The van der Waals surface area contributed by atoms with Crippen LogP contribution in [0.1, 0.15) is 170 Å². The molecule has 0 aromatic rings. The Morgan fingerprint density at radius 1 is 0.568 bits per heavy atom. The molecule has 1 unspecified atom stereocenters. The molecule has 0 bridgehead atoms. The molecule has 0 rings (SSSR count). The van der Waals surface area contributed by atoms with Gasteiger partial charge in [0.05, 0.1) is 12.2 Å². The fourth-order valence-electron chi connectivity index (χ4n) is 4.38. The summed E-state index contributed by atoms with van der Waals surface area (Å²) in [6.07, 6.45) is 24.0. The van der Waals surface area contributed by atoms with Crippen molar-refractivity contribution in [2.75, 3.05) is 6.61 Å². The molecule has 0 saturated carbocycles.